The average molecular weight is 486 g/mol. The van der Waals surface area contributed by atoms with Crippen LogP contribution >= 0.6 is 0 Å². The van der Waals surface area contributed by atoms with E-state index in [4.69, 9.17) is 14.2 Å². The number of aliphatic hydroxyl groups excluding tert-OH is 1. The van der Waals surface area contributed by atoms with Gasteiger partial charge in [-0.25, -0.2) is 4.39 Å². The molecule has 1 unspecified atom stereocenters. The Morgan fingerprint density at radius 1 is 1.00 bits per heavy atom. The molecule has 1 N–H and O–H groups in total. The summed E-state index contributed by atoms with van der Waals surface area (Å²) in [5.41, 5.74) is 0.743. The van der Waals surface area contributed by atoms with Gasteiger partial charge < -0.3 is 24.2 Å². The van der Waals surface area contributed by atoms with E-state index in [1.807, 2.05) is 6.92 Å². The highest BCUT2D eigenvalue weighted by Crippen LogP contribution is 2.42. The summed E-state index contributed by atoms with van der Waals surface area (Å²) in [6, 6.07) is 9.46. The van der Waals surface area contributed by atoms with Gasteiger partial charge in [-0.15, -0.1) is 0 Å². The first kappa shape index (κ1) is 26.2. The predicted octanol–water partition coefficient (Wildman–Crippen LogP) is 4.86. The molecule has 8 heteroatoms. The van der Waals surface area contributed by atoms with Gasteiger partial charge in [0.2, 0.25) is 0 Å². The summed E-state index contributed by atoms with van der Waals surface area (Å²) < 4.78 is 30.3. The molecule has 1 heterocycles. The molecule has 35 heavy (non-hydrogen) atoms. The van der Waals surface area contributed by atoms with Crippen molar-refractivity contribution < 1.29 is 33.3 Å². The number of carbonyl (C=O) groups is 2. The van der Waals surface area contributed by atoms with Crippen LogP contribution in [-0.4, -0.2) is 55.2 Å². The quantitative estimate of drug-likeness (QED) is 0.200. The van der Waals surface area contributed by atoms with Crippen LogP contribution in [0.2, 0.25) is 0 Å². The van der Waals surface area contributed by atoms with Gasteiger partial charge in [-0.05, 0) is 55.3 Å². The maximum absolute atomic E-state index is 13.4. The average Bonchev–Trinajstić information content (AvgIpc) is 3.11. The second-order valence-corrected chi connectivity index (χ2v) is 8.19. The van der Waals surface area contributed by atoms with E-state index in [1.165, 1.54) is 36.3 Å². The molecule has 1 fully saturated rings. The summed E-state index contributed by atoms with van der Waals surface area (Å²) in [7, 11) is 1.50. The molecule has 0 aromatic heterocycles. The number of hydrogen-bond donors (Lipinski definition) is 1. The van der Waals surface area contributed by atoms with Gasteiger partial charge in [-0.2, -0.15) is 0 Å². The molecule has 1 aliphatic rings. The Bertz CT molecular complexity index is 1070. The van der Waals surface area contributed by atoms with Gasteiger partial charge in [-0.1, -0.05) is 25.8 Å². The van der Waals surface area contributed by atoms with Gasteiger partial charge >= 0.3 is 0 Å². The number of carbonyl (C=O) groups excluding carboxylic acids is 2. The number of methoxy groups -OCH3 is 1. The minimum Gasteiger partial charge on any atom is -0.507 e. The van der Waals surface area contributed by atoms with Crippen LogP contribution in [0.3, 0.4) is 0 Å². The lowest BCUT2D eigenvalue weighted by Gasteiger charge is -2.26. The summed E-state index contributed by atoms with van der Waals surface area (Å²) in [4.78, 5) is 27.3. The number of rotatable bonds is 12. The number of ether oxygens (including phenoxy) is 3. The van der Waals surface area contributed by atoms with Crippen LogP contribution in [0.5, 0.6) is 11.5 Å². The third-order valence-corrected chi connectivity index (χ3v) is 5.78. The number of hydrogen-bond acceptors (Lipinski definition) is 6. The number of amides is 1. The number of likely N-dealkylation sites (tertiary alicyclic amines) is 1. The van der Waals surface area contributed by atoms with Crippen LogP contribution < -0.4 is 9.47 Å². The molecular formula is C27H32FNO6. The van der Waals surface area contributed by atoms with Crippen LogP contribution in [0, 0.1) is 5.82 Å². The highest BCUT2D eigenvalue weighted by atomic mass is 19.1. The molecule has 1 saturated heterocycles. The molecule has 2 aromatic rings. The lowest BCUT2D eigenvalue weighted by Crippen LogP contribution is -2.32. The van der Waals surface area contributed by atoms with Gasteiger partial charge in [0.05, 0.1) is 31.4 Å². The van der Waals surface area contributed by atoms with E-state index in [0.717, 1.165) is 19.3 Å². The van der Waals surface area contributed by atoms with Gasteiger partial charge in [0.15, 0.2) is 11.5 Å². The summed E-state index contributed by atoms with van der Waals surface area (Å²) in [6.45, 7) is 5.26. The van der Waals surface area contributed by atoms with E-state index in [-0.39, 0.29) is 30.0 Å². The Morgan fingerprint density at radius 3 is 2.40 bits per heavy atom. The molecule has 0 saturated carbocycles. The molecule has 2 aromatic carbocycles. The Morgan fingerprint density at radius 2 is 1.74 bits per heavy atom. The number of halogens is 1. The number of benzene rings is 2. The third-order valence-electron chi connectivity index (χ3n) is 5.78. The minimum absolute atomic E-state index is 0.0724. The van der Waals surface area contributed by atoms with Gasteiger partial charge in [0.1, 0.15) is 11.6 Å². The van der Waals surface area contributed by atoms with Crippen molar-refractivity contribution in [2.75, 3.05) is 33.5 Å². The first-order chi connectivity index (χ1) is 16.9. The number of nitrogens with zero attached hydrogens (tertiary/aromatic N) is 1. The van der Waals surface area contributed by atoms with Crippen molar-refractivity contribution in [1.82, 2.24) is 4.90 Å². The minimum atomic E-state index is -0.872. The van der Waals surface area contributed by atoms with Crippen molar-refractivity contribution in [2.24, 2.45) is 0 Å². The number of aliphatic hydroxyl groups is 1. The van der Waals surface area contributed by atoms with E-state index in [9.17, 15) is 19.1 Å². The van der Waals surface area contributed by atoms with Crippen molar-refractivity contribution in [1.29, 1.82) is 0 Å². The Labute approximate surface area is 205 Å². The van der Waals surface area contributed by atoms with E-state index >= 15 is 0 Å². The topological polar surface area (TPSA) is 85.3 Å². The maximum Gasteiger partial charge on any atom is 0.295 e. The fourth-order valence-electron chi connectivity index (χ4n) is 4.03. The van der Waals surface area contributed by atoms with Crippen molar-refractivity contribution >= 4 is 17.4 Å². The fourth-order valence-corrected chi connectivity index (χ4v) is 4.03. The highest BCUT2D eigenvalue weighted by Gasteiger charge is 2.46. The Kier molecular flexibility index (Phi) is 9.25. The van der Waals surface area contributed by atoms with Crippen LogP contribution in [-0.2, 0) is 14.3 Å². The Hall–Kier alpha value is -3.39. The second-order valence-electron chi connectivity index (χ2n) is 8.19. The highest BCUT2D eigenvalue weighted by molar-refractivity contribution is 6.46. The summed E-state index contributed by atoms with van der Waals surface area (Å²) in [6.07, 6.45) is 3.05. The molecule has 1 amide bonds. The van der Waals surface area contributed by atoms with Gasteiger partial charge in [0.25, 0.3) is 11.7 Å². The monoisotopic (exact) mass is 485 g/mol. The first-order valence-electron chi connectivity index (χ1n) is 11.9. The number of unbranched alkanes of at least 4 members (excludes halogenated alkanes) is 2. The zero-order chi connectivity index (χ0) is 25.4. The molecule has 188 valence electrons. The number of ketones is 1. The molecule has 0 radical (unpaired) electrons. The van der Waals surface area contributed by atoms with Crippen LogP contribution in [0.4, 0.5) is 4.39 Å². The molecule has 7 nitrogen and oxygen atoms in total. The van der Waals surface area contributed by atoms with Crippen molar-refractivity contribution in [3.8, 4) is 11.5 Å². The van der Waals surface area contributed by atoms with Crippen molar-refractivity contribution in [3.05, 3.63) is 65.0 Å². The van der Waals surface area contributed by atoms with Gasteiger partial charge in [-0.3, -0.25) is 9.59 Å². The molecule has 3 rings (SSSR count). The zero-order valence-electron chi connectivity index (χ0n) is 20.4. The van der Waals surface area contributed by atoms with Crippen molar-refractivity contribution in [2.45, 2.75) is 39.2 Å². The van der Waals surface area contributed by atoms with Crippen LogP contribution in [0.1, 0.15) is 50.3 Å². The largest absolute Gasteiger partial charge is 0.507 e. The summed E-state index contributed by atoms with van der Waals surface area (Å²) >= 11 is 0. The zero-order valence-corrected chi connectivity index (χ0v) is 20.4. The molecule has 0 spiro atoms. The summed E-state index contributed by atoms with van der Waals surface area (Å²) in [5, 5.41) is 11.0. The van der Waals surface area contributed by atoms with Crippen molar-refractivity contribution in [3.63, 3.8) is 0 Å². The fraction of sp³-hybridized carbons (Fsp3) is 0.407. The molecule has 1 aliphatic heterocycles. The number of Topliss-reactive ketones (excluding diaryl/α,β-unsaturated/α-hetero) is 1. The predicted molar refractivity (Wildman–Crippen MR) is 130 cm³/mol. The van der Waals surface area contributed by atoms with E-state index < -0.39 is 23.5 Å². The third kappa shape index (κ3) is 6.00. The standard InChI is InChI=1S/C27H32FNO6/c1-4-6-7-15-35-21-13-10-19(17-22(21)34-5-2)24-23(25(30)18-8-11-20(28)12-9-18)26(31)27(32)29(24)14-16-33-3/h8-13,17,24,30H,4-7,14-16H2,1-3H3/b25-23-. The van der Waals surface area contributed by atoms with Gasteiger partial charge in [0, 0.05) is 19.2 Å². The summed E-state index contributed by atoms with van der Waals surface area (Å²) in [5.74, 6) is -1.35. The molecule has 0 aliphatic carbocycles. The maximum atomic E-state index is 13.4. The van der Waals surface area contributed by atoms with Crippen LogP contribution in [0.25, 0.3) is 5.76 Å². The lowest BCUT2D eigenvalue weighted by molar-refractivity contribution is -0.140. The van der Waals surface area contributed by atoms with E-state index in [1.54, 1.807) is 18.2 Å². The molecule has 0 bridgehead atoms. The van der Waals surface area contributed by atoms with E-state index in [2.05, 4.69) is 6.92 Å². The first-order valence-corrected chi connectivity index (χ1v) is 11.9. The van der Waals surface area contributed by atoms with E-state index in [0.29, 0.717) is 30.3 Å². The van der Waals surface area contributed by atoms with Crippen LogP contribution in [0.15, 0.2) is 48.0 Å². The Balaban J connectivity index is 2.07. The molecule has 1 atom stereocenters. The lowest BCUT2D eigenvalue weighted by atomic mass is 9.95. The smallest absolute Gasteiger partial charge is 0.295 e. The second kappa shape index (κ2) is 12.4. The molecular weight excluding hydrogens is 453 g/mol. The SMILES string of the molecule is CCCCCOc1ccc(C2/C(=C(/O)c3ccc(F)cc3)C(=O)C(=O)N2CCOC)cc1OCC. The normalized spacial score (nSPS) is 17.1.